The van der Waals surface area contributed by atoms with Crippen LogP contribution in [0.25, 0.3) is 0 Å². The number of nitriles is 1. The summed E-state index contributed by atoms with van der Waals surface area (Å²) in [4.78, 5) is 0. The summed E-state index contributed by atoms with van der Waals surface area (Å²) in [5.74, 6) is 1.95. The van der Waals surface area contributed by atoms with Crippen molar-refractivity contribution in [2.45, 2.75) is 110 Å². The Balaban J connectivity index is 1.68. The lowest BCUT2D eigenvalue weighted by Gasteiger charge is -2.39. The molecule has 0 aromatic heterocycles. The number of unbranched alkanes of at least 4 members (excludes halogenated alkanes) is 5. The third-order valence-corrected chi connectivity index (χ3v) is 6.55. The minimum Gasteiger partial charge on any atom is -0.198 e. The number of nitrogens with zero attached hydrogens (tertiary/aromatic N) is 1. The molecule has 2 aliphatic carbocycles. The summed E-state index contributed by atoms with van der Waals surface area (Å²) < 4.78 is 0. The highest BCUT2D eigenvalue weighted by Gasteiger charge is 2.37. The summed E-state index contributed by atoms with van der Waals surface area (Å²) in [6.45, 7) is 2.27. The Morgan fingerprint density at radius 1 is 0.818 bits per heavy atom. The average Bonchev–Trinajstić information content (AvgIpc) is 2.59. The molecule has 0 saturated heterocycles. The fraction of sp³-hybridized carbons (Fsp3) is 0.952. The van der Waals surface area contributed by atoms with Gasteiger partial charge in [0.1, 0.15) is 0 Å². The van der Waals surface area contributed by atoms with E-state index in [1.165, 1.54) is 103 Å². The second-order valence-electron chi connectivity index (χ2n) is 8.15. The first-order chi connectivity index (χ1) is 10.8. The van der Waals surface area contributed by atoms with E-state index in [0.717, 1.165) is 11.8 Å². The maximum atomic E-state index is 9.73. The zero-order chi connectivity index (χ0) is 15.7. The highest BCUT2D eigenvalue weighted by Crippen LogP contribution is 2.46. The quantitative estimate of drug-likeness (QED) is 0.442. The van der Waals surface area contributed by atoms with E-state index in [-0.39, 0.29) is 5.41 Å². The average molecular weight is 304 g/mol. The van der Waals surface area contributed by atoms with Gasteiger partial charge in [0.15, 0.2) is 0 Å². The second-order valence-corrected chi connectivity index (χ2v) is 8.15. The van der Waals surface area contributed by atoms with E-state index in [4.69, 9.17) is 0 Å². The zero-order valence-electron chi connectivity index (χ0n) is 14.9. The molecule has 0 N–H and O–H groups in total. The Morgan fingerprint density at radius 2 is 1.41 bits per heavy atom. The van der Waals surface area contributed by atoms with Crippen LogP contribution in [0.5, 0.6) is 0 Å². The number of hydrogen-bond acceptors (Lipinski definition) is 1. The highest BCUT2D eigenvalue weighted by atomic mass is 14.4. The van der Waals surface area contributed by atoms with Crippen molar-refractivity contribution in [3.8, 4) is 6.07 Å². The molecule has 0 amide bonds. The summed E-state index contributed by atoms with van der Waals surface area (Å²) in [6.07, 6.45) is 21.7. The van der Waals surface area contributed by atoms with Gasteiger partial charge in [-0.2, -0.15) is 5.26 Å². The molecule has 1 nitrogen and oxygen atoms in total. The Labute approximate surface area is 138 Å². The van der Waals surface area contributed by atoms with Gasteiger partial charge in [-0.25, -0.2) is 0 Å². The van der Waals surface area contributed by atoms with E-state index in [9.17, 15) is 5.26 Å². The fourth-order valence-corrected chi connectivity index (χ4v) is 4.93. The molecule has 0 aromatic rings. The van der Waals surface area contributed by atoms with Crippen LogP contribution in [0.2, 0.25) is 0 Å². The van der Waals surface area contributed by atoms with Gasteiger partial charge in [0.25, 0.3) is 0 Å². The Bertz CT molecular complexity index is 326. The van der Waals surface area contributed by atoms with Gasteiger partial charge in [0.2, 0.25) is 0 Å². The Hall–Kier alpha value is -0.510. The first-order valence-electron chi connectivity index (χ1n) is 10.2. The van der Waals surface area contributed by atoms with Crippen LogP contribution in [-0.4, -0.2) is 0 Å². The normalized spacial score (nSPS) is 30.1. The summed E-state index contributed by atoms with van der Waals surface area (Å²) in [7, 11) is 0. The monoisotopic (exact) mass is 303 g/mol. The molecule has 0 unspecified atom stereocenters. The molecule has 2 rings (SSSR count). The molecule has 0 aliphatic heterocycles. The lowest BCUT2D eigenvalue weighted by atomic mass is 9.64. The van der Waals surface area contributed by atoms with Crippen molar-refractivity contribution in [1.29, 1.82) is 5.26 Å². The lowest BCUT2D eigenvalue weighted by molar-refractivity contribution is 0.129. The van der Waals surface area contributed by atoms with Crippen LogP contribution in [0.4, 0.5) is 0 Å². The largest absolute Gasteiger partial charge is 0.198 e. The molecule has 2 saturated carbocycles. The molecule has 0 radical (unpaired) electrons. The van der Waals surface area contributed by atoms with E-state index in [2.05, 4.69) is 13.0 Å². The van der Waals surface area contributed by atoms with Crippen molar-refractivity contribution in [2.75, 3.05) is 0 Å². The van der Waals surface area contributed by atoms with Gasteiger partial charge in [-0.1, -0.05) is 77.6 Å². The van der Waals surface area contributed by atoms with E-state index >= 15 is 0 Å². The molecule has 0 atom stereocenters. The molecular weight excluding hydrogens is 266 g/mol. The smallest absolute Gasteiger partial charge is 0.0689 e. The van der Waals surface area contributed by atoms with Crippen LogP contribution in [-0.2, 0) is 0 Å². The minimum absolute atomic E-state index is 0.0515. The Kier molecular flexibility index (Phi) is 7.77. The van der Waals surface area contributed by atoms with E-state index in [1.807, 2.05) is 0 Å². The first-order valence-corrected chi connectivity index (χ1v) is 10.2. The van der Waals surface area contributed by atoms with Crippen LogP contribution in [0, 0.1) is 28.6 Å². The standard InChI is InChI=1S/C21H37N/c1-2-3-4-5-6-10-15-21(18-22)16-13-20(14-17-21)19-11-8-7-9-12-19/h19-20H,2-17H2,1H3. The fourth-order valence-electron chi connectivity index (χ4n) is 4.93. The SMILES string of the molecule is CCCCCCCCC1(C#N)CCC(C2CCCCC2)CC1. The van der Waals surface area contributed by atoms with Gasteiger partial charge in [0.05, 0.1) is 11.5 Å². The van der Waals surface area contributed by atoms with Crippen LogP contribution in [0.3, 0.4) is 0 Å². The van der Waals surface area contributed by atoms with Gasteiger partial charge in [-0.05, 0) is 43.9 Å². The predicted molar refractivity (Wildman–Crippen MR) is 94.6 cm³/mol. The third kappa shape index (κ3) is 5.29. The van der Waals surface area contributed by atoms with Crippen LogP contribution in [0.1, 0.15) is 110 Å². The summed E-state index contributed by atoms with van der Waals surface area (Å²) in [5, 5.41) is 9.73. The van der Waals surface area contributed by atoms with E-state index in [0.29, 0.717) is 0 Å². The van der Waals surface area contributed by atoms with E-state index in [1.54, 1.807) is 0 Å². The summed E-state index contributed by atoms with van der Waals surface area (Å²) in [6, 6.07) is 2.74. The first kappa shape index (κ1) is 17.8. The molecule has 0 bridgehead atoms. The van der Waals surface area contributed by atoms with Gasteiger partial charge >= 0.3 is 0 Å². The summed E-state index contributed by atoms with van der Waals surface area (Å²) >= 11 is 0. The van der Waals surface area contributed by atoms with Crippen molar-refractivity contribution < 1.29 is 0 Å². The molecule has 2 fully saturated rings. The maximum Gasteiger partial charge on any atom is 0.0689 e. The van der Waals surface area contributed by atoms with Crippen molar-refractivity contribution >= 4 is 0 Å². The molecular formula is C21H37N. The molecule has 0 spiro atoms. The molecule has 1 heteroatoms. The van der Waals surface area contributed by atoms with Crippen LogP contribution < -0.4 is 0 Å². The van der Waals surface area contributed by atoms with Crippen LogP contribution in [0.15, 0.2) is 0 Å². The van der Waals surface area contributed by atoms with E-state index < -0.39 is 0 Å². The minimum atomic E-state index is 0.0515. The molecule has 2 aliphatic rings. The zero-order valence-corrected chi connectivity index (χ0v) is 14.9. The second kappa shape index (κ2) is 9.59. The van der Waals surface area contributed by atoms with Gasteiger partial charge in [-0.3, -0.25) is 0 Å². The third-order valence-electron chi connectivity index (χ3n) is 6.55. The van der Waals surface area contributed by atoms with Gasteiger partial charge in [-0.15, -0.1) is 0 Å². The maximum absolute atomic E-state index is 9.73. The van der Waals surface area contributed by atoms with Crippen molar-refractivity contribution in [3.05, 3.63) is 0 Å². The van der Waals surface area contributed by atoms with Crippen LogP contribution >= 0.6 is 0 Å². The van der Waals surface area contributed by atoms with Gasteiger partial charge < -0.3 is 0 Å². The number of hydrogen-bond donors (Lipinski definition) is 0. The molecule has 22 heavy (non-hydrogen) atoms. The van der Waals surface area contributed by atoms with Gasteiger partial charge in [0, 0.05) is 0 Å². The summed E-state index contributed by atoms with van der Waals surface area (Å²) in [5.41, 5.74) is 0.0515. The predicted octanol–water partition coefficient (Wildman–Crippen LogP) is 7.02. The topological polar surface area (TPSA) is 23.8 Å². The van der Waals surface area contributed by atoms with Crippen molar-refractivity contribution in [1.82, 2.24) is 0 Å². The van der Waals surface area contributed by atoms with Crippen molar-refractivity contribution in [3.63, 3.8) is 0 Å². The molecule has 0 heterocycles. The highest BCUT2D eigenvalue weighted by molar-refractivity contribution is 5.02. The molecule has 126 valence electrons. The number of rotatable bonds is 8. The van der Waals surface area contributed by atoms with Crippen molar-refractivity contribution in [2.24, 2.45) is 17.3 Å². The Morgan fingerprint density at radius 3 is 2.05 bits per heavy atom. The molecule has 0 aromatic carbocycles. The lowest BCUT2D eigenvalue weighted by Crippen LogP contribution is -2.30.